The Morgan fingerprint density at radius 3 is 2.62 bits per heavy atom. The van der Waals surface area contributed by atoms with Crippen molar-refractivity contribution in [3.63, 3.8) is 0 Å². The van der Waals surface area contributed by atoms with Gasteiger partial charge >= 0.3 is 0 Å². The SMILES string of the molecule is Cc1cccc(Cn2cc(SCC(=O)Nc3ccc(Cl)cc3)c3ccccc32)c1. The van der Waals surface area contributed by atoms with Crippen molar-refractivity contribution in [1.82, 2.24) is 4.57 Å². The average Bonchev–Trinajstić information content (AvgIpc) is 3.06. The predicted octanol–water partition coefficient (Wildman–Crippen LogP) is 6.38. The molecular weight excluding hydrogens is 400 g/mol. The number of nitrogens with zero attached hydrogens (tertiary/aromatic N) is 1. The van der Waals surface area contributed by atoms with Crippen molar-refractivity contribution in [1.29, 1.82) is 0 Å². The number of para-hydroxylation sites is 1. The standard InChI is InChI=1S/C24H21ClN2OS/c1-17-5-4-6-18(13-17)14-27-15-23(21-7-2-3-8-22(21)27)29-16-24(28)26-20-11-9-19(25)10-12-20/h2-13,15H,14,16H2,1H3,(H,26,28). The molecule has 0 atom stereocenters. The molecule has 1 amide bonds. The Morgan fingerprint density at radius 2 is 1.83 bits per heavy atom. The Bertz CT molecular complexity index is 1150. The molecule has 0 unspecified atom stereocenters. The average molecular weight is 421 g/mol. The molecule has 1 N–H and O–H groups in total. The first-order valence-electron chi connectivity index (χ1n) is 9.40. The fourth-order valence-electron chi connectivity index (χ4n) is 3.34. The van der Waals surface area contributed by atoms with Gasteiger partial charge in [-0.05, 0) is 42.8 Å². The normalized spacial score (nSPS) is 11.0. The number of thioether (sulfide) groups is 1. The van der Waals surface area contributed by atoms with E-state index in [1.165, 1.54) is 22.0 Å². The van der Waals surface area contributed by atoms with Crippen molar-refractivity contribution in [3.05, 3.63) is 95.1 Å². The van der Waals surface area contributed by atoms with E-state index in [2.05, 4.69) is 65.5 Å². The van der Waals surface area contributed by atoms with E-state index in [0.29, 0.717) is 10.8 Å². The molecule has 0 saturated carbocycles. The summed E-state index contributed by atoms with van der Waals surface area (Å²) in [7, 11) is 0. The zero-order valence-corrected chi connectivity index (χ0v) is 17.6. The molecule has 0 bridgehead atoms. The third-order valence-electron chi connectivity index (χ3n) is 4.67. The van der Waals surface area contributed by atoms with Crippen LogP contribution in [0, 0.1) is 6.92 Å². The number of carbonyl (C=O) groups is 1. The topological polar surface area (TPSA) is 34.0 Å². The van der Waals surface area contributed by atoms with Crippen LogP contribution in [0.2, 0.25) is 5.02 Å². The lowest BCUT2D eigenvalue weighted by molar-refractivity contribution is -0.113. The van der Waals surface area contributed by atoms with Gasteiger partial charge < -0.3 is 9.88 Å². The number of aryl methyl sites for hydroxylation is 1. The Hall–Kier alpha value is -2.69. The van der Waals surface area contributed by atoms with Crippen molar-refractivity contribution in [2.75, 3.05) is 11.1 Å². The summed E-state index contributed by atoms with van der Waals surface area (Å²) in [6.07, 6.45) is 2.15. The van der Waals surface area contributed by atoms with Gasteiger partial charge in [-0.1, -0.05) is 59.6 Å². The van der Waals surface area contributed by atoms with Gasteiger partial charge in [-0.25, -0.2) is 0 Å². The summed E-state index contributed by atoms with van der Waals surface area (Å²) in [5.74, 6) is 0.314. The molecule has 0 aliphatic rings. The lowest BCUT2D eigenvalue weighted by Crippen LogP contribution is -2.13. The smallest absolute Gasteiger partial charge is 0.234 e. The Kier molecular flexibility index (Phi) is 5.93. The van der Waals surface area contributed by atoms with Crippen LogP contribution in [0.25, 0.3) is 10.9 Å². The molecule has 0 radical (unpaired) electrons. The van der Waals surface area contributed by atoms with Gasteiger partial charge in [0, 0.05) is 39.3 Å². The van der Waals surface area contributed by atoms with Gasteiger partial charge in [-0.2, -0.15) is 0 Å². The maximum absolute atomic E-state index is 12.4. The number of anilines is 1. The van der Waals surface area contributed by atoms with E-state index in [1.807, 2.05) is 6.07 Å². The van der Waals surface area contributed by atoms with Crippen LogP contribution in [0.3, 0.4) is 0 Å². The van der Waals surface area contributed by atoms with Crippen molar-refractivity contribution in [3.8, 4) is 0 Å². The van der Waals surface area contributed by atoms with E-state index in [0.717, 1.165) is 17.1 Å². The van der Waals surface area contributed by atoms with Gasteiger partial charge in [0.05, 0.1) is 5.75 Å². The lowest BCUT2D eigenvalue weighted by Gasteiger charge is -2.06. The minimum absolute atomic E-state index is 0.0344. The summed E-state index contributed by atoms with van der Waals surface area (Å²) in [6.45, 7) is 2.91. The summed E-state index contributed by atoms with van der Waals surface area (Å²) >= 11 is 7.45. The van der Waals surface area contributed by atoms with Crippen LogP contribution >= 0.6 is 23.4 Å². The molecular formula is C24H21ClN2OS. The molecule has 0 fully saturated rings. The Morgan fingerprint density at radius 1 is 1.03 bits per heavy atom. The largest absolute Gasteiger partial charge is 0.342 e. The number of benzene rings is 3. The maximum Gasteiger partial charge on any atom is 0.234 e. The monoisotopic (exact) mass is 420 g/mol. The summed E-state index contributed by atoms with van der Waals surface area (Å²) in [6, 6.07) is 24.0. The van der Waals surface area contributed by atoms with Crippen LogP contribution in [0.1, 0.15) is 11.1 Å². The molecule has 0 aliphatic heterocycles. The van der Waals surface area contributed by atoms with Crippen molar-refractivity contribution in [2.24, 2.45) is 0 Å². The van der Waals surface area contributed by atoms with E-state index in [9.17, 15) is 4.79 Å². The van der Waals surface area contributed by atoms with Crippen molar-refractivity contribution >= 4 is 45.9 Å². The summed E-state index contributed by atoms with van der Waals surface area (Å²) in [5, 5.41) is 4.74. The lowest BCUT2D eigenvalue weighted by atomic mass is 10.1. The highest BCUT2D eigenvalue weighted by atomic mass is 35.5. The molecule has 3 aromatic carbocycles. The fourth-order valence-corrected chi connectivity index (χ4v) is 4.35. The third-order valence-corrected chi connectivity index (χ3v) is 5.97. The number of aromatic nitrogens is 1. The molecule has 146 valence electrons. The van der Waals surface area contributed by atoms with Crippen LogP contribution in [0.4, 0.5) is 5.69 Å². The molecule has 29 heavy (non-hydrogen) atoms. The fraction of sp³-hybridized carbons (Fsp3) is 0.125. The Labute approximate surface area is 179 Å². The first kappa shape index (κ1) is 19.6. The van der Waals surface area contributed by atoms with Gasteiger partial charge in [0.2, 0.25) is 5.91 Å². The molecule has 5 heteroatoms. The molecule has 0 aliphatic carbocycles. The Balaban J connectivity index is 1.50. The predicted molar refractivity (Wildman–Crippen MR) is 123 cm³/mol. The number of amides is 1. The van der Waals surface area contributed by atoms with E-state index >= 15 is 0 Å². The number of nitrogens with one attached hydrogen (secondary N) is 1. The van der Waals surface area contributed by atoms with Gasteiger partial charge in [0.25, 0.3) is 0 Å². The second kappa shape index (κ2) is 8.76. The van der Waals surface area contributed by atoms with Crippen LogP contribution in [0.5, 0.6) is 0 Å². The second-order valence-electron chi connectivity index (χ2n) is 6.97. The second-order valence-corrected chi connectivity index (χ2v) is 8.42. The van der Waals surface area contributed by atoms with E-state index in [-0.39, 0.29) is 5.91 Å². The molecule has 4 rings (SSSR count). The van der Waals surface area contributed by atoms with E-state index in [4.69, 9.17) is 11.6 Å². The van der Waals surface area contributed by atoms with E-state index in [1.54, 1.807) is 36.0 Å². The number of rotatable bonds is 6. The number of hydrogen-bond donors (Lipinski definition) is 1. The van der Waals surface area contributed by atoms with Gasteiger partial charge in [-0.3, -0.25) is 4.79 Å². The highest BCUT2D eigenvalue weighted by molar-refractivity contribution is 8.00. The van der Waals surface area contributed by atoms with Gasteiger partial charge in [0.1, 0.15) is 0 Å². The number of carbonyl (C=O) groups excluding carboxylic acids is 1. The molecule has 3 nitrogen and oxygen atoms in total. The van der Waals surface area contributed by atoms with Crippen molar-refractivity contribution < 1.29 is 4.79 Å². The summed E-state index contributed by atoms with van der Waals surface area (Å²) < 4.78 is 2.25. The summed E-state index contributed by atoms with van der Waals surface area (Å²) in [5.41, 5.74) is 4.45. The first-order chi connectivity index (χ1) is 14.1. The minimum atomic E-state index is -0.0344. The van der Waals surface area contributed by atoms with Gasteiger partial charge in [-0.15, -0.1) is 11.8 Å². The van der Waals surface area contributed by atoms with Crippen LogP contribution in [-0.2, 0) is 11.3 Å². The summed E-state index contributed by atoms with van der Waals surface area (Å²) in [4.78, 5) is 13.5. The number of halogens is 1. The van der Waals surface area contributed by atoms with Crippen LogP contribution in [-0.4, -0.2) is 16.2 Å². The van der Waals surface area contributed by atoms with Crippen LogP contribution < -0.4 is 5.32 Å². The van der Waals surface area contributed by atoms with Gasteiger partial charge in [0.15, 0.2) is 0 Å². The third kappa shape index (κ3) is 4.84. The maximum atomic E-state index is 12.4. The highest BCUT2D eigenvalue weighted by Crippen LogP contribution is 2.30. The van der Waals surface area contributed by atoms with Crippen LogP contribution in [0.15, 0.2) is 83.9 Å². The quantitative estimate of drug-likeness (QED) is 0.367. The molecule has 0 saturated heterocycles. The zero-order valence-electron chi connectivity index (χ0n) is 16.1. The molecule has 1 aromatic heterocycles. The molecule has 4 aromatic rings. The van der Waals surface area contributed by atoms with E-state index < -0.39 is 0 Å². The number of hydrogen-bond acceptors (Lipinski definition) is 2. The zero-order chi connectivity index (χ0) is 20.2. The minimum Gasteiger partial charge on any atom is -0.342 e. The first-order valence-corrected chi connectivity index (χ1v) is 10.8. The molecule has 0 spiro atoms. The van der Waals surface area contributed by atoms with Crippen molar-refractivity contribution in [2.45, 2.75) is 18.4 Å². The molecule has 1 heterocycles. The highest BCUT2D eigenvalue weighted by Gasteiger charge is 2.11. The number of fused-ring (bicyclic) bond motifs is 1.